The van der Waals surface area contributed by atoms with Crippen LogP contribution in [0.5, 0.6) is 5.75 Å². The van der Waals surface area contributed by atoms with E-state index in [-0.39, 0.29) is 17.8 Å². The molecular weight excluding hydrogens is 358 g/mol. The van der Waals surface area contributed by atoms with Gasteiger partial charge in [0.25, 0.3) is 0 Å². The Morgan fingerprint density at radius 1 is 1.25 bits per heavy atom. The van der Waals surface area contributed by atoms with Gasteiger partial charge in [-0.2, -0.15) is 4.98 Å². The zero-order chi connectivity index (χ0) is 19.8. The maximum Gasteiger partial charge on any atom is 0.330 e. The molecule has 2 N–H and O–H groups in total. The second-order valence-corrected chi connectivity index (χ2v) is 7.38. The van der Waals surface area contributed by atoms with E-state index in [4.69, 9.17) is 4.74 Å². The first-order chi connectivity index (χ1) is 13.5. The van der Waals surface area contributed by atoms with Gasteiger partial charge in [-0.1, -0.05) is 0 Å². The molecule has 8 heteroatoms. The van der Waals surface area contributed by atoms with Crippen molar-refractivity contribution >= 4 is 22.8 Å². The third kappa shape index (κ3) is 3.24. The van der Waals surface area contributed by atoms with Crippen LogP contribution in [0.2, 0.25) is 0 Å². The molecule has 1 aliphatic rings. The lowest BCUT2D eigenvalue weighted by atomic mass is 9.93. The van der Waals surface area contributed by atoms with Crippen molar-refractivity contribution in [1.29, 1.82) is 0 Å². The fourth-order valence-electron chi connectivity index (χ4n) is 3.87. The molecule has 1 fully saturated rings. The van der Waals surface area contributed by atoms with Crippen molar-refractivity contribution in [2.75, 3.05) is 12.4 Å². The van der Waals surface area contributed by atoms with Crippen LogP contribution in [-0.4, -0.2) is 37.4 Å². The highest BCUT2D eigenvalue weighted by atomic mass is 16.5. The van der Waals surface area contributed by atoms with Crippen LogP contribution >= 0.6 is 0 Å². The molecule has 148 valence electrons. The van der Waals surface area contributed by atoms with Gasteiger partial charge in [0.2, 0.25) is 5.95 Å². The van der Waals surface area contributed by atoms with Crippen LogP contribution < -0.4 is 15.7 Å². The molecule has 1 aromatic carbocycles. The van der Waals surface area contributed by atoms with Gasteiger partial charge in [-0.15, -0.1) is 0 Å². The van der Waals surface area contributed by atoms with Crippen LogP contribution in [0, 0.1) is 6.92 Å². The van der Waals surface area contributed by atoms with Gasteiger partial charge in [-0.3, -0.25) is 9.13 Å². The highest BCUT2D eigenvalue weighted by molar-refractivity contribution is 5.73. The molecule has 0 bridgehead atoms. The third-order valence-corrected chi connectivity index (χ3v) is 5.54. The highest BCUT2D eigenvalue weighted by Crippen LogP contribution is 2.30. The lowest BCUT2D eigenvalue weighted by molar-refractivity contribution is 0.110. The van der Waals surface area contributed by atoms with E-state index >= 15 is 0 Å². The summed E-state index contributed by atoms with van der Waals surface area (Å²) in [4.78, 5) is 21.9. The van der Waals surface area contributed by atoms with E-state index in [9.17, 15) is 9.90 Å². The quantitative estimate of drug-likeness (QED) is 0.719. The SMILES string of the molecule is COc1ccc(Nc2ncc3c(n2)n(C2CCC(O)CC2)c(=O)n3C)c(C)c1. The van der Waals surface area contributed by atoms with Gasteiger partial charge in [-0.25, -0.2) is 9.78 Å². The molecule has 2 heterocycles. The van der Waals surface area contributed by atoms with E-state index < -0.39 is 0 Å². The summed E-state index contributed by atoms with van der Waals surface area (Å²) in [6.45, 7) is 1.98. The lowest BCUT2D eigenvalue weighted by Gasteiger charge is -2.26. The monoisotopic (exact) mass is 383 g/mol. The van der Waals surface area contributed by atoms with Gasteiger partial charge in [0.05, 0.1) is 19.4 Å². The Bertz CT molecular complexity index is 1060. The number of nitrogens with zero attached hydrogens (tertiary/aromatic N) is 4. The van der Waals surface area contributed by atoms with Crippen molar-refractivity contribution in [3.8, 4) is 5.75 Å². The molecule has 0 spiro atoms. The Hall–Kier alpha value is -2.87. The number of aliphatic hydroxyl groups is 1. The predicted octanol–water partition coefficient (Wildman–Crippen LogP) is 2.67. The summed E-state index contributed by atoms with van der Waals surface area (Å²) < 4.78 is 8.59. The standard InChI is InChI=1S/C20H25N5O3/c1-12-10-15(28-3)8-9-16(12)22-19-21-11-17-18(23-19)25(20(27)24(17)2)13-4-6-14(26)7-5-13/h8-11,13-14,26H,4-7H2,1-3H3,(H,21,22,23). The maximum absolute atomic E-state index is 12.8. The van der Waals surface area contributed by atoms with E-state index in [0.29, 0.717) is 30.0 Å². The first kappa shape index (κ1) is 18.5. The minimum absolute atomic E-state index is 0.0464. The van der Waals surface area contributed by atoms with Crippen molar-refractivity contribution in [2.45, 2.75) is 44.8 Å². The number of aliphatic hydroxyl groups excluding tert-OH is 1. The van der Waals surface area contributed by atoms with Crippen molar-refractivity contribution in [3.05, 3.63) is 40.4 Å². The van der Waals surface area contributed by atoms with Crippen LogP contribution in [0.1, 0.15) is 37.3 Å². The number of nitrogens with one attached hydrogen (secondary N) is 1. The minimum Gasteiger partial charge on any atom is -0.497 e. The van der Waals surface area contributed by atoms with Gasteiger partial charge in [0.1, 0.15) is 11.3 Å². The summed E-state index contributed by atoms with van der Waals surface area (Å²) in [6.07, 6.45) is 4.35. The number of aryl methyl sites for hydroxylation is 2. The van der Waals surface area contributed by atoms with E-state index in [2.05, 4.69) is 15.3 Å². The van der Waals surface area contributed by atoms with E-state index in [0.717, 1.165) is 29.8 Å². The second-order valence-electron chi connectivity index (χ2n) is 7.38. The summed E-state index contributed by atoms with van der Waals surface area (Å²) in [5, 5.41) is 13.0. The number of anilines is 2. The number of ether oxygens (including phenoxy) is 1. The van der Waals surface area contributed by atoms with E-state index in [1.807, 2.05) is 25.1 Å². The molecule has 1 saturated carbocycles. The summed E-state index contributed by atoms with van der Waals surface area (Å²) in [5.74, 6) is 1.23. The third-order valence-electron chi connectivity index (χ3n) is 5.54. The number of hydrogen-bond acceptors (Lipinski definition) is 6. The Morgan fingerprint density at radius 3 is 2.68 bits per heavy atom. The Morgan fingerprint density at radius 2 is 2.00 bits per heavy atom. The first-order valence-corrected chi connectivity index (χ1v) is 9.51. The van der Waals surface area contributed by atoms with Gasteiger partial charge in [-0.05, 0) is 56.4 Å². The van der Waals surface area contributed by atoms with Gasteiger partial charge < -0.3 is 15.2 Å². The molecule has 1 aliphatic carbocycles. The zero-order valence-electron chi connectivity index (χ0n) is 16.3. The second kappa shape index (κ2) is 7.27. The predicted molar refractivity (Wildman–Crippen MR) is 107 cm³/mol. The smallest absolute Gasteiger partial charge is 0.330 e. The van der Waals surface area contributed by atoms with Crippen LogP contribution in [0.15, 0.2) is 29.2 Å². The zero-order valence-corrected chi connectivity index (χ0v) is 16.3. The fraction of sp³-hybridized carbons (Fsp3) is 0.450. The molecule has 0 atom stereocenters. The van der Waals surface area contributed by atoms with Crippen LogP contribution in [0.25, 0.3) is 11.2 Å². The van der Waals surface area contributed by atoms with Gasteiger partial charge in [0, 0.05) is 18.8 Å². The molecule has 0 saturated heterocycles. The van der Waals surface area contributed by atoms with Crippen molar-refractivity contribution in [3.63, 3.8) is 0 Å². The first-order valence-electron chi connectivity index (χ1n) is 9.51. The number of aromatic nitrogens is 4. The summed E-state index contributed by atoms with van der Waals surface area (Å²) in [6, 6.07) is 5.78. The molecule has 0 aliphatic heterocycles. The molecule has 28 heavy (non-hydrogen) atoms. The summed E-state index contributed by atoms with van der Waals surface area (Å²) >= 11 is 0. The molecule has 3 aromatic rings. The normalized spacial score (nSPS) is 19.7. The number of methoxy groups -OCH3 is 1. The summed E-state index contributed by atoms with van der Waals surface area (Å²) in [7, 11) is 3.38. The van der Waals surface area contributed by atoms with Crippen molar-refractivity contribution < 1.29 is 9.84 Å². The van der Waals surface area contributed by atoms with E-state index in [1.165, 1.54) is 0 Å². The molecule has 0 radical (unpaired) electrons. The maximum atomic E-state index is 12.8. The molecular formula is C20H25N5O3. The van der Waals surface area contributed by atoms with Crippen LogP contribution in [0.4, 0.5) is 11.6 Å². The highest BCUT2D eigenvalue weighted by Gasteiger charge is 2.25. The van der Waals surface area contributed by atoms with Gasteiger partial charge in [0.15, 0.2) is 5.65 Å². The average molecular weight is 383 g/mol. The number of fused-ring (bicyclic) bond motifs is 1. The number of benzene rings is 1. The molecule has 0 amide bonds. The number of imidazole rings is 1. The van der Waals surface area contributed by atoms with Crippen molar-refractivity contribution in [2.24, 2.45) is 7.05 Å². The van der Waals surface area contributed by atoms with Gasteiger partial charge >= 0.3 is 5.69 Å². The van der Waals surface area contributed by atoms with Crippen LogP contribution in [-0.2, 0) is 7.05 Å². The van der Waals surface area contributed by atoms with E-state index in [1.54, 1.807) is 29.5 Å². The Labute approximate surface area is 162 Å². The Kier molecular flexibility index (Phi) is 4.80. The Balaban J connectivity index is 1.72. The summed E-state index contributed by atoms with van der Waals surface area (Å²) in [5.41, 5.74) is 3.12. The molecule has 0 unspecified atom stereocenters. The number of rotatable bonds is 4. The number of hydrogen-bond donors (Lipinski definition) is 2. The fourth-order valence-corrected chi connectivity index (χ4v) is 3.87. The van der Waals surface area contributed by atoms with Crippen LogP contribution in [0.3, 0.4) is 0 Å². The molecule has 2 aromatic heterocycles. The topological polar surface area (TPSA) is 94.2 Å². The average Bonchev–Trinajstić information content (AvgIpc) is 2.94. The minimum atomic E-state index is -0.271. The molecule has 8 nitrogen and oxygen atoms in total. The van der Waals surface area contributed by atoms with Crippen molar-refractivity contribution in [1.82, 2.24) is 19.1 Å². The molecule has 4 rings (SSSR count). The largest absolute Gasteiger partial charge is 0.497 e. The lowest BCUT2D eigenvalue weighted by Crippen LogP contribution is -2.30.